The molecular formula is C16H17FN2O2. The number of methoxy groups -OCH3 is 1. The van der Waals surface area contributed by atoms with Crippen molar-refractivity contribution >= 4 is 11.6 Å². The topological polar surface area (TPSA) is 50.4 Å². The summed E-state index contributed by atoms with van der Waals surface area (Å²) in [4.78, 5) is 12.0. The molecule has 0 atom stereocenters. The van der Waals surface area contributed by atoms with Crippen molar-refractivity contribution in [2.45, 2.75) is 6.54 Å². The van der Waals surface area contributed by atoms with Gasteiger partial charge in [0.15, 0.2) is 0 Å². The lowest BCUT2D eigenvalue weighted by Crippen LogP contribution is -2.14. The van der Waals surface area contributed by atoms with Crippen LogP contribution < -0.4 is 15.4 Å². The molecule has 0 aliphatic rings. The van der Waals surface area contributed by atoms with Crippen LogP contribution in [0, 0.1) is 5.82 Å². The van der Waals surface area contributed by atoms with Gasteiger partial charge in [0.25, 0.3) is 5.91 Å². The Morgan fingerprint density at radius 3 is 2.48 bits per heavy atom. The Hall–Kier alpha value is -2.40. The fraction of sp³-hybridized carbons (Fsp3) is 0.188. The van der Waals surface area contributed by atoms with Crippen molar-refractivity contribution in [2.24, 2.45) is 0 Å². The number of carbonyl (C=O) groups excluding carboxylic acids is 1. The first-order chi connectivity index (χ1) is 10.1. The van der Waals surface area contributed by atoms with E-state index in [-0.39, 0.29) is 5.56 Å². The zero-order valence-corrected chi connectivity index (χ0v) is 11.9. The van der Waals surface area contributed by atoms with Gasteiger partial charge in [0.05, 0.1) is 12.7 Å². The minimum Gasteiger partial charge on any atom is -0.497 e. The van der Waals surface area contributed by atoms with Gasteiger partial charge in [-0.3, -0.25) is 4.79 Å². The monoisotopic (exact) mass is 288 g/mol. The van der Waals surface area contributed by atoms with E-state index in [4.69, 9.17) is 4.74 Å². The lowest BCUT2D eigenvalue weighted by atomic mass is 10.1. The second-order valence-electron chi connectivity index (χ2n) is 4.53. The maximum Gasteiger partial charge on any atom is 0.258 e. The molecule has 0 fully saturated rings. The van der Waals surface area contributed by atoms with Crippen LogP contribution in [-0.4, -0.2) is 20.1 Å². The van der Waals surface area contributed by atoms with Gasteiger partial charge in [-0.05, 0) is 36.9 Å². The smallest absolute Gasteiger partial charge is 0.258 e. The highest BCUT2D eigenvalue weighted by molar-refractivity contribution is 6.04. The van der Waals surface area contributed by atoms with Crippen molar-refractivity contribution in [1.82, 2.24) is 5.32 Å². The highest BCUT2D eigenvalue weighted by atomic mass is 19.1. The molecule has 4 nitrogen and oxygen atoms in total. The molecule has 0 bridgehead atoms. The Bertz CT molecular complexity index is 627. The first-order valence-electron chi connectivity index (χ1n) is 6.52. The minimum absolute atomic E-state index is 0.0184. The third-order valence-corrected chi connectivity index (χ3v) is 3.01. The molecule has 0 aliphatic heterocycles. The molecule has 1 amide bonds. The molecular weight excluding hydrogens is 271 g/mol. The van der Waals surface area contributed by atoms with Crippen LogP contribution in [0.3, 0.4) is 0 Å². The van der Waals surface area contributed by atoms with Crippen LogP contribution in [0.25, 0.3) is 0 Å². The van der Waals surface area contributed by atoms with Crippen LogP contribution in [0.1, 0.15) is 15.9 Å². The summed E-state index contributed by atoms with van der Waals surface area (Å²) in [5, 5.41) is 5.71. The van der Waals surface area contributed by atoms with Crippen LogP contribution in [0.2, 0.25) is 0 Å². The average molecular weight is 288 g/mol. The van der Waals surface area contributed by atoms with Gasteiger partial charge in [-0.25, -0.2) is 4.39 Å². The predicted molar refractivity (Wildman–Crippen MR) is 80.1 cm³/mol. The SMILES string of the molecule is CNCc1ccc(NC(=O)c2ccc(OC)cc2F)cc1. The summed E-state index contributed by atoms with van der Waals surface area (Å²) in [6, 6.07) is 11.5. The Balaban J connectivity index is 2.10. The van der Waals surface area contributed by atoms with E-state index in [1.807, 2.05) is 19.2 Å². The average Bonchev–Trinajstić information content (AvgIpc) is 2.49. The number of hydrogen-bond donors (Lipinski definition) is 2. The van der Waals surface area contributed by atoms with Gasteiger partial charge in [-0.2, -0.15) is 0 Å². The highest BCUT2D eigenvalue weighted by Crippen LogP contribution is 2.18. The fourth-order valence-corrected chi connectivity index (χ4v) is 1.92. The number of ether oxygens (including phenoxy) is 1. The summed E-state index contributed by atoms with van der Waals surface area (Å²) >= 11 is 0. The number of nitrogens with one attached hydrogen (secondary N) is 2. The third-order valence-electron chi connectivity index (χ3n) is 3.01. The normalized spacial score (nSPS) is 10.2. The van der Waals surface area contributed by atoms with Crippen molar-refractivity contribution < 1.29 is 13.9 Å². The van der Waals surface area contributed by atoms with Crippen molar-refractivity contribution in [3.05, 3.63) is 59.4 Å². The molecule has 5 heteroatoms. The summed E-state index contributed by atoms with van der Waals surface area (Å²) in [6.07, 6.45) is 0. The van der Waals surface area contributed by atoms with E-state index in [1.54, 1.807) is 18.2 Å². The minimum atomic E-state index is -0.612. The van der Waals surface area contributed by atoms with Gasteiger partial charge in [0.2, 0.25) is 0 Å². The predicted octanol–water partition coefficient (Wildman–Crippen LogP) is 2.81. The largest absolute Gasteiger partial charge is 0.497 e. The molecule has 0 heterocycles. The maximum atomic E-state index is 13.8. The van der Waals surface area contributed by atoms with E-state index in [2.05, 4.69) is 10.6 Å². The Morgan fingerprint density at radius 2 is 1.90 bits per heavy atom. The molecule has 0 unspecified atom stereocenters. The summed E-state index contributed by atoms with van der Waals surface area (Å²) in [6.45, 7) is 0.751. The second-order valence-corrected chi connectivity index (χ2v) is 4.53. The molecule has 2 aromatic carbocycles. The van der Waals surface area contributed by atoms with E-state index < -0.39 is 11.7 Å². The molecule has 21 heavy (non-hydrogen) atoms. The van der Waals surface area contributed by atoms with Gasteiger partial charge in [0, 0.05) is 18.3 Å². The molecule has 0 spiro atoms. The molecule has 2 N–H and O–H groups in total. The molecule has 0 aliphatic carbocycles. The quantitative estimate of drug-likeness (QED) is 0.889. The third kappa shape index (κ3) is 3.79. The van der Waals surface area contributed by atoms with E-state index in [1.165, 1.54) is 19.2 Å². The molecule has 0 aromatic heterocycles. The molecule has 2 aromatic rings. The molecule has 0 saturated carbocycles. The summed E-state index contributed by atoms with van der Waals surface area (Å²) in [7, 11) is 3.31. The number of hydrogen-bond acceptors (Lipinski definition) is 3. The Morgan fingerprint density at radius 1 is 1.19 bits per heavy atom. The summed E-state index contributed by atoms with van der Waals surface area (Å²) < 4.78 is 18.7. The van der Waals surface area contributed by atoms with E-state index in [0.29, 0.717) is 11.4 Å². The van der Waals surface area contributed by atoms with Crippen molar-refractivity contribution in [1.29, 1.82) is 0 Å². The molecule has 110 valence electrons. The number of amides is 1. The summed E-state index contributed by atoms with van der Waals surface area (Å²) in [5.41, 5.74) is 1.70. The maximum absolute atomic E-state index is 13.8. The lowest BCUT2D eigenvalue weighted by Gasteiger charge is -2.08. The number of halogens is 1. The van der Waals surface area contributed by atoms with E-state index >= 15 is 0 Å². The van der Waals surface area contributed by atoms with Gasteiger partial charge in [-0.15, -0.1) is 0 Å². The van der Waals surface area contributed by atoms with Crippen LogP contribution in [0.15, 0.2) is 42.5 Å². The first kappa shape index (κ1) is 15.0. The standard InChI is InChI=1S/C16H17FN2O2/c1-18-10-11-3-5-12(6-4-11)19-16(20)14-8-7-13(21-2)9-15(14)17/h3-9,18H,10H2,1-2H3,(H,19,20). The zero-order valence-electron chi connectivity index (χ0n) is 11.9. The van der Waals surface area contributed by atoms with Crippen molar-refractivity contribution in [2.75, 3.05) is 19.5 Å². The van der Waals surface area contributed by atoms with Crippen LogP contribution >= 0.6 is 0 Å². The van der Waals surface area contributed by atoms with Crippen LogP contribution in [-0.2, 0) is 6.54 Å². The molecule has 2 rings (SSSR count). The zero-order chi connectivity index (χ0) is 15.2. The van der Waals surface area contributed by atoms with Gasteiger partial charge < -0.3 is 15.4 Å². The Labute approximate surface area is 122 Å². The van der Waals surface area contributed by atoms with Crippen LogP contribution in [0.5, 0.6) is 5.75 Å². The number of anilines is 1. The first-order valence-corrected chi connectivity index (χ1v) is 6.52. The lowest BCUT2D eigenvalue weighted by molar-refractivity contribution is 0.102. The van der Waals surface area contributed by atoms with Crippen molar-refractivity contribution in [3.8, 4) is 5.75 Å². The molecule has 0 radical (unpaired) electrons. The van der Waals surface area contributed by atoms with Crippen LogP contribution in [0.4, 0.5) is 10.1 Å². The number of rotatable bonds is 5. The fourth-order valence-electron chi connectivity index (χ4n) is 1.92. The Kier molecular flexibility index (Phi) is 4.90. The molecule has 0 saturated heterocycles. The van der Waals surface area contributed by atoms with Gasteiger partial charge in [-0.1, -0.05) is 12.1 Å². The highest BCUT2D eigenvalue weighted by Gasteiger charge is 2.12. The van der Waals surface area contributed by atoms with Gasteiger partial charge >= 0.3 is 0 Å². The van der Waals surface area contributed by atoms with E-state index in [0.717, 1.165) is 12.1 Å². The summed E-state index contributed by atoms with van der Waals surface area (Å²) in [5.74, 6) is -0.726. The van der Waals surface area contributed by atoms with E-state index in [9.17, 15) is 9.18 Å². The van der Waals surface area contributed by atoms with Crippen molar-refractivity contribution in [3.63, 3.8) is 0 Å². The number of carbonyl (C=O) groups is 1. The number of benzene rings is 2. The van der Waals surface area contributed by atoms with Gasteiger partial charge in [0.1, 0.15) is 11.6 Å². The second kappa shape index (κ2) is 6.85.